The number of hydrogen-bond donors (Lipinski definition) is 2. The molecule has 0 saturated heterocycles. The van der Waals surface area contributed by atoms with Crippen LogP contribution in [0.4, 0.5) is 13.6 Å². The van der Waals surface area contributed by atoms with Gasteiger partial charge in [0.2, 0.25) is 0 Å². The van der Waals surface area contributed by atoms with Crippen LogP contribution in [0.3, 0.4) is 0 Å². The molecule has 1 aromatic heterocycles. The summed E-state index contributed by atoms with van der Waals surface area (Å²) in [5.41, 5.74) is -1.30. The number of alkyl halides is 2. The molecule has 0 saturated carbocycles. The van der Waals surface area contributed by atoms with Crippen LogP contribution in [0.1, 0.15) is 29.8 Å². The summed E-state index contributed by atoms with van der Waals surface area (Å²) in [5, 5.41) is 23.4. The van der Waals surface area contributed by atoms with Crippen molar-refractivity contribution in [2.24, 2.45) is 0 Å². The lowest BCUT2D eigenvalue weighted by molar-refractivity contribution is -0.0301. The summed E-state index contributed by atoms with van der Waals surface area (Å²) in [4.78, 5) is 12.2. The molecule has 0 aromatic carbocycles. The van der Waals surface area contributed by atoms with Gasteiger partial charge in [0.1, 0.15) is 11.3 Å². The Labute approximate surface area is 125 Å². The second-order valence-corrected chi connectivity index (χ2v) is 5.77. The van der Waals surface area contributed by atoms with Crippen LogP contribution in [0.15, 0.2) is 0 Å². The molecule has 6 nitrogen and oxygen atoms in total. The van der Waals surface area contributed by atoms with Gasteiger partial charge >= 0.3 is 6.09 Å². The molecule has 1 aromatic rings. The zero-order valence-electron chi connectivity index (χ0n) is 11.7. The van der Waals surface area contributed by atoms with Gasteiger partial charge in [-0.1, -0.05) is 5.92 Å². The molecule has 0 fully saturated rings. The van der Waals surface area contributed by atoms with Crippen molar-refractivity contribution in [3.05, 3.63) is 17.0 Å². The van der Waals surface area contributed by atoms with E-state index < -0.39 is 24.0 Å². The number of terminal acetylenes is 1. The van der Waals surface area contributed by atoms with Crippen LogP contribution < -0.4 is 0 Å². The number of carboxylic acid groups (broad SMARTS) is 1. The Hall–Kier alpha value is -2.14. The van der Waals surface area contributed by atoms with Crippen LogP contribution in [-0.4, -0.2) is 43.1 Å². The van der Waals surface area contributed by atoms with E-state index in [1.807, 2.05) is 0 Å². The molecule has 0 radical (unpaired) electrons. The second-order valence-electron chi connectivity index (χ2n) is 5.77. The van der Waals surface area contributed by atoms with E-state index >= 15 is 0 Å². The summed E-state index contributed by atoms with van der Waals surface area (Å²) in [5.74, 6) is -1.04. The van der Waals surface area contributed by atoms with Gasteiger partial charge in [-0.05, 0) is 6.42 Å². The topological polar surface area (TPSA) is 78.6 Å². The minimum Gasteiger partial charge on any atom is -0.465 e. The fourth-order valence-electron chi connectivity index (χ4n) is 3.04. The van der Waals surface area contributed by atoms with Crippen molar-refractivity contribution in [2.75, 3.05) is 6.54 Å². The van der Waals surface area contributed by atoms with Crippen LogP contribution in [0.25, 0.3) is 0 Å². The Kier molecular flexibility index (Phi) is 3.14. The molecular formula is C14H15F2N3O3. The van der Waals surface area contributed by atoms with Gasteiger partial charge in [-0.25, -0.2) is 4.79 Å². The van der Waals surface area contributed by atoms with Gasteiger partial charge in [-0.15, -0.1) is 6.42 Å². The summed E-state index contributed by atoms with van der Waals surface area (Å²) in [6.45, 7) is -0.123. The number of nitrogens with zero attached hydrogens (tertiary/aromatic N) is 3. The van der Waals surface area contributed by atoms with E-state index in [-0.39, 0.29) is 43.7 Å². The highest BCUT2D eigenvalue weighted by Crippen LogP contribution is 2.42. The van der Waals surface area contributed by atoms with Gasteiger partial charge in [-0.2, -0.15) is 13.9 Å². The third-order valence-corrected chi connectivity index (χ3v) is 4.25. The molecule has 22 heavy (non-hydrogen) atoms. The van der Waals surface area contributed by atoms with E-state index in [1.165, 1.54) is 0 Å². The first-order valence-corrected chi connectivity index (χ1v) is 6.91. The summed E-state index contributed by atoms with van der Waals surface area (Å²) >= 11 is 0. The van der Waals surface area contributed by atoms with E-state index in [4.69, 9.17) is 11.5 Å². The number of halogens is 2. The maximum atomic E-state index is 14.5. The fourth-order valence-corrected chi connectivity index (χ4v) is 3.04. The Morgan fingerprint density at radius 2 is 2.14 bits per heavy atom. The normalized spacial score (nSPS) is 26.5. The molecule has 2 N–H and O–H groups in total. The highest BCUT2D eigenvalue weighted by atomic mass is 19.3. The Bertz CT molecular complexity index is 680. The van der Waals surface area contributed by atoms with Gasteiger partial charge in [0.05, 0.1) is 18.8 Å². The van der Waals surface area contributed by atoms with Crippen LogP contribution in [0, 0.1) is 12.3 Å². The lowest BCUT2D eigenvalue weighted by atomic mass is 9.96. The van der Waals surface area contributed by atoms with Crippen molar-refractivity contribution in [3.63, 3.8) is 0 Å². The number of rotatable bonds is 0. The first-order valence-electron chi connectivity index (χ1n) is 6.91. The Balaban J connectivity index is 2.09. The van der Waals surface area contributed by atoms with E-state index in [1.54, 1.807) is 0 Å². The van der Waals surface area contributed by atoms with Crippen molar-refractivity contribution in [1.82, 2.24) is 14.7 Å². The van der Waals surface area contributed by atoms with Gasteiger partial charge in [0.25, 0.3) is 5.92 Å². The van der Waals surface area contributed by atoms with Crippen molar-refractivity contribution in [1.29, 1.82) is 0 Å². The van der Waals surface area contributed by atoms with E-state index in [2.05, 4.69) is 11.0 Å². The molecule has 3 rings (SSSR count). The van der Waals surface area contributed by atoms with Gasteiger partial charge in [0, 0.05) is 24.9 Å². The monoisotopic (exact) mass is 311 g/mol. The number of aromatic nitrogens is 2. The van der Waals surface area contributed by atoms with Crippen LogP contribution >= 0.6 is 0 Å². The number of hydrogen-bond acceptors (Lipinski definition) is 3. The first-order chi connectivity index (χ1) is 10.3. The van der Waals surface area contributed by atoms with Crippen molar-refractivity contribution in [2.45, 2.75) is 43.9 Å². The van der Waals surface area contributed by atoms with Crippen molar-refractivity contribution >= 4 is 6.09 Å². The Morgan fingerprint density at radius 1 is 1.41 bits per heavy atom. The highest BCUT2D eigenvalue weighted by Gasteiger charge is 2.46. The molecule has 0 unspecified atom stereocenters. The molecule has 0 aliphatic carbocycles. The van der Waals surface area contributed by atoms with E-state index in [0.29, 0.717) is 5.69 Å². The predicted octanol–water partition coefficient (Wildman–Crippen LogP) is 1.17. The first kappa shape index (κ1) is 14.8. The summed E-state index contributed by atoms with van der Waals surface area (Å²) in [6, 6.07) is 0. The smallest absolute Gasteiger partial charge is 0.407 e. The maximum Gasteiger partial charge on any atom is 0.407 e. The van der Waals surface area contributed by atoms with Gasteiger partial charge < -0.3 is 15.1 Å². The third-order valence-electron chi connectivity index (χ3n) is 4.25. The molecule has 0 spiro atoms. The van der Waals surface area contributed by atoms with E-state index in [9.17, 15) is 18.7 Å². The van der Waals surface area contributed by atoms with Crippen molar-refractivity contribution < 1.29 is 23.8 Å². The van der Waals surface area contributed by atoms with Crippen molar-refractivity contribution in [3.8, 4) is 12.3 Å². The zero-order valence-corrected chi connectivity index (χ0v) is 11.7. The summed E-state index contributed by atoms with van der Waals surface area (Å²) in [6.07, 6.45) is 3.55. The molecule has 8 heteroatoms. The molecule has 3 heterocycles. The van der Waals surface area contributed by atoms with Crippen LogP contribution in [-0.2, 0) is 25.4 Å². The molecule has 0 bridgehead atoms. The standard InChI is InChI=1S/C14H15F2N3O3/c1-2-13(22)4-5-14(15,16)11-9-7-18(12(20)21)6-3-10(9)17-19(11)8-13/h1,22H,3-8H2,(H,20,21)/t13-/m1/s1. The lowest BCUT2D eigenvalue weighted by Crippen LogP contribution is -2.35. The predicted molar refractivity (Wildman–Crippen MR) is 71.3 cm³/mol. The van der Waals surface area contributed by atoms with Gasteiger partial charge in [0.15, 0.2) is 0 Å². The molecule has 2 aliphatic rings. The molecular weight excluding hydrogens is 296 g/mol. The summed E-state index contributed by atoms with van der Waals surface area (Å²) < 4.78 is 30.0. The average Bonchev–Trinajstić information content (AvgIpc) is 2.77. The molecule has 1 amide bonds. The molecule has 118 valence electrons. The van der Waals surface area contributed by atoms with Crippen LogP contribution in [0.5, 0.6) is 0 Å². The summed E-state index contributed by atoms with van der Waals surface area (Å²) in [7, 11) is 0. The molecule has 1 atom stereocenters. The van der Waals surface area contributed by atoms with Crippen LogP contribution in [0.2, 0.25) is 0 Å². The lowest BCUT2D eigenvalue weighted by Gasteiger charge is -2.25. The second kappa shape index (κ2) is 4.68. The minimum absolute atomic E-state index is 0.121. The fraction of sp³-hybridized carbons (Fsp3) is 0.571. The number of carbonyl (C=O) groups is 1. The van der Waals surface area contributed by atoms with E-state index in [0.717, 1.165) is 9.58 Å². The largest absolute Gasteiger partial charge is 0.465 e. The quantitative estimate of drug-likeness (QED) is 0.705. The Morgan fingerprint density at radius 3 is 2.77 bits per heavy atom. The molecule has 2 aliphatic heterocycles. The zero-order chi connectivity index (χ0) is 16.1. The number of amides is 1. The SMILES string of the molecule is C#C[C@@]1(O)CCC(F)(F)c2c3c(nn2C1)CCN(C(=O)O)C3. The highest BCUT2D eigenvalue weighted by molar-refractivity contribution is 5.65. The maximum absolute atomic E-state index is 14.5. The number of aliphatic hydroxyl groups is 1. The average molecular weight is 311 g/mol. The third kappa shape index (κ3) is 2.22. The number of fused-ring (bicyclic) bond motifs is 3. The van der Waals surface area contributed by atoms with Gasteiger partial charge in [-0.3, -0.25) is 4.68 Å². The minimum atomic E-state index is -3.20.